The zero-order chi connectivity index (χ0) is 13.1. The smallest absolute Gasteiger partial charge is 0.156 e. The van der Waals surface area contributed by atoms with Crippen molar-refractivity contribution in [1.29, 1.82) is 0 Å². The topological polar surface area (TPSA) is 3.24 Å². The summed E-state index contributed by atoms with van der Waals surface area (Å²) in [6.45, 7) is 16.7. The third-order valence-corrected chi connectivity index (χ3v) is 9.35. The molecule has 0 bridgehead atoms. The van der Waals surface area contributed by atoms with E-state index in [9.17, 15) is 0 Å². The van der Waals surface area contributed by atoms with Crippen LogP contribution in [0.15, 0.2) is 43.0 Å². The lowest BCUT2D eigenvalue weighted by molar-refractivity contribution is 0.708. The summed E-state index contributed by atoms with van der Waals surface area (Å²) in [4.78, 5) is 0. The lowest BCUT2D eigenvalue weighted by Gasteiger charge is -2.47. The van der Waals surface area contributed by atoms with Gasteiger partial charge in [0.05, 0.1) is 0 Å². The molecule has 0 amide bonds. The number of anilines is 1. The van der Waals surface area contributed by atoms with Crippen LogP contribution in [0.1, 0.15) is 20.8 Å². The standard InChI is InChI=1S/C15H25NSi/c1-7-13-16(14-11-9-8-10-12-14)17(5,6)15(2,3)4/h7-12H,1,13H2,2-6H3. The van der Waals surface area contributed by atoms with Crippen LogP contribution >= 0.6 is 0 Å². The second-order valence-electron chi connectivity index (χ2n) is 6.04. The van der Waals surface area contributed by atoms with E-state index < -0.39 is 8.24 Å². The Labute approximate surface area is 107 Å². The van der Waals surface area contributed by atoms with E-state index in [1.54, 1.807) is 0 Å². The van der Waals surface area contributed by atoms with Crippen LogP contribution < -0.4 is 4.57 Å². The van der Waals surface area contributed by atoms with Gasteiger partial charge in [0, 0.05) is 12.2 Å². The van der Waals surface area contributed by atoms with Gasteiger partial charge in [-0.1, -0.05) is 58.1 Å². The summed E-state index contributed by atoms with van der Waals surface area (Å²) in [7, 11) is -1.53. The van der Waals surface area contributed by atoms with E-state index in [4.69, 9.17) is 0 Å². The number of rotatable bonds is 4. The maximum Gasteiger partial charge on any atom is 0.156 e. The summed E-state index contributed by atoms with van der Waals surface area (Å²) >= 11 is 0. The summed E-state index contributed by atoms with van der Waals surface area (Å²) < 4.78 is 2.56. The zero-order valence-electron chi connectivity index (χ0n) is 11.8. The highest BCUT2D eigenvalue weighted by molar-refractivity contribution is 6.83. The highest BCUT2D eigenvalue weighted by Gasteiger charge is 2.40. The maximum atomic E-state index is 3.90. The molecule has 94 valence electrons. The second-order valence-corrected chi connectivity index (χ2v) is 11.2. The Kier molecular flexibility index (Phi) is 4.20. The van der Waals surface area contributed by atoms with Gasteiger partial charge in [-0.05, 0) is 17.2 Å². The minimum atomic E-state index is -1.53. The highest BCUT2D eigenvalue weighted by Crippen LogP contribution is 2.40. The first-order valence-corrected chi connectivity index (χ1v) is 9.19. The number of benzene rings is 1. The van der Waals surface area contributed by atoms with E-state index in [1.807, 2.05) is 6.08 Å². The molecule has 0 spiro atoms. The fraction of sp³-hybridized carbons (Fsp3) is 0.467. The molecule has 2 heteroatoms. The van der Waals surface area contributed by atoms with Gasteiger partial charge in [-0.25, -0.2) is 0 Å². The quantitative estimate of drug-likeness (QED) is 0.551. The molecule has 0 saturated carbocycles. The Morgan fingerprint density at radius 2 is 1.71 bits per heavy atom. The van der Waals surface area contributed by atoms with Crippen LogP contribution in [0.5, 0.6) is 0 Å². The molecule has 17 heavy (non-hydrogen) atoms. The first-order chi connectivity index (χ1) is 7.80. The molecule has 0 aliphatic heterocycles. The van der Waals surface area contributed by atoms with Crippen molar-refractivity contribution in [2.45, 2.75) is 38.9 Å². The van der Waals surface area contributed by atoms with Gasteiger partial charge in [-0.2, -0.15) is 0 Å². The molecule has 0 N–H and O–H groups in total. The fourth-order valence-electron chi connectivity index (χ4n) is 1.80. The van der Waals surface area contributed by atoms with Crippen LogP contribution in [0.2, 0.25) is 18.1 Å². The molecule has 0 heterocycles. The molecule has 0 radical (unpaired) electrons. The van der Waals surface area contributed by atoms with Crippen molar-refractivity contribution in [3.8, 4) is 0 Å². The van der Waals surface area contributed by atoms with Gasteiger partial charge in [0.1, 0.15) is 0 Å². The van der Waals surface area contributed by atoms with Crippen LogP contribution in [0.3, 0.4) is 0 Å². The van der Waals surface area contributed by atoms with E-state index in [1.165, 1.54) is 5.69 Å². The van der Waals surface area contributed by atoms with Gasteiger partial charge in [-0.15, -0.1) is 6.58 Å². The minimum absolute atomic E-state index is 0.339. The summed E-state index contributed by atoms with van der Waals surface area (Å²) in [6.07, 6.45) is 2.01. The van der Waals surface area contributed by atoms with Crippen molar-refractivity contribution in [2.24, 2.45) is 0 Å². The number of hydrogen-bond acceptors (Lipinski definition) is 1. The van der Waals surface area contributed by atoms with Crippen LogP contribution in [0, 0.1) is 0 Å². The van der Waals surface area contributed by atoms with E-state index in [-0.39, 0.29) is 0 Å². The zero-order valence-corrected chi connectivity index (χ0v) is 12.8. The predicted molar refractivity (Wildman–Crippen MR) is 81.2 cm³/mol. The van der Waals surface area contributed by atoms with E-state index in [0.717, 1.165) is 6.54 Å². The Hall–Kier alpha value is -1.02. The molecule has 0 aromatic heterocycles. The van der Waals surface area contributed by atoms with E-state index in [2.05, 4.69) is 75.3 Å². The first kappa shape index (κ1) is 14.0. The Balaban J connectivity index is 3.14. The van der Waals surface area contributed by atoms with Crippen LogP contribution in [0.25, 0.3) is 0 Å². The summed E-state index contributed by atoms with van der Waals surface area (Å²) in [5.74, 6) is 0. The summed E-state index contributed by atoms with van der Waals surface area (Å²) in [5.41, 5.74) is 1.32. The van der Waals surface area contributed by atoms with Crippen molar-refractivity contribution >= 4 is 13.9 Å². The van der Waals surface area contributed by atoms with Gasteiger partial charge < -0.3 is 4.57 Å². The third kappa shape index (κ3) is 3.00. The molecule has 1 rings (SSSR count). The Morgan fingerprint density at radius 3 is 2.12 bits per heavy atom. The molecular weight excluding hydrogens is 222 g/mol. The van der Waals surface area contributed by atoms with Crippen molar-refractivity contribution < 1.29 is 0 Å². The largest absolute Gasteiger partial charge is 0.394 e. The average Bonchev–Trinajstić information content (AvgIpc) is 2.25. The molecule has 0 atom stereocenters. The van der Waals surface area contributed by atoms with Crippen molar-refractivity contribution in [2.75, 3.05) is 11.1 Å². The molecular formula is C15H25NSi. The Morgan fingerprint density at radius 1 is 1.18 bits per heavy atom. The second kappa shape index (κ2) is 5.09. The normalized spacial score (nSPS) is 12.3. The van der Waals surface area contributed by atoms with Crippen molar-refractivity contribution in [3.05, 3.63) is 43.0 Å². The monoisotopic (exact) mass is 247 g/mol. The average molecular weight is 247 g/mol. The van der Waals surface area contributed by atoms with Crippen molar-refractivity contribution in [3.63, 3.8) is 0 Å². The first-order valence-electron chi connectivity index (χ1n) is 6.24. The van der Waals surface area contributed by atoms with Gasteiger partial charge in [0.2, 0.25) is 0 Å². The maximum absolute atomic E-state index is 3.90. The summed E-state index contributed by atoms with van der Waals surface area (Å²) in [5, 5.41) is 0.339. The van der Waals surface area contributed by atoms with Crippen LogP contribution in [0.4, 0.5) is 5.69 Å². The predicted octanol–water partition coefficient (Wildman–Crippen LogP) is 4.68. The van der Waals surface area contributed by atoms with E-state index in [0.29, 0.717) is 5.04 Å². The van der Waals surface area contributed by atoms with Gasteiger partial charge in [0.15, 0.2) is 8.24 Å². The Bertz CT molecular complexity index is 362. The number of nitrogens with zero attached hydrogens (tertiary/aromatic N) is 1. The van der Waals surface area contributed by atoms with E-state index >= 15 is 0 Å². The number of para-hydroxylation sites is 1. The molecule has 0 unspecified atom stereocenters. The molecule has 0 saturated heterocycles. The van der Waals surface area contributed by atoms with Crippen LogP contribution in [-0.2, 0) is 0 Å². The molecule has 1 aromatic rings. The molecule has 1 nitrogen and oxygen atoms in total. The van der Waals surface area contributed by atoms with Gasteiger partial charge in [-0.3, -0.25) is 0 Å². The van der Waals surface area contributed by atoms with Crippen molar-refractivity contribution in [1.82, 2.24) is 0 Å². The number of hydrogen-bond donors (Lipinski definition) is 0. The van der Waals surface area contributed by atoms with Crippen LogP contribution in [-0.4, -0.2) is 14.8 Å². The summed E-state index contributed by atoms with van der Waals surface area (Å²) in [6, 6.07) is 10.7. The molecule has 0 fully saturated rings. The minimum Gasteiger partial charge on any atom is -0.394 e. The third-order valence-electron chi connectivity index (χ3n) is 3.89. The fourth-order valence-corrected chi connectivity index (χ4v) is 3.99. The highest BCUT2D eigenvalue weighted by atomic mass is 28.3. The SMILES string of the molecule is C=CCN(c1ccccc1)[Si](C)(C)C(C)(C)C. The van der Waals surface area contributed by atoms with Gasteiger partial charge in [0.25, 0.3) is 0 Å². The lowest BCUT2D eigenvalue weighted by atomic mass is 10.2. The molecule has 0 aliphatic rings. The van der Waals surface area contributed by atoms with Gasteiger partial charge >= 0.3 is 0 Å². The molecule has 1 aromatic carbocycles. The lowest BCUT2D eigenvalue weighted by Crippen LogP contribution is -2.55. The molecule has 0 aliphatic carbocycles.